The van der Waals surface area contributed by atoms with Gasteiger partial charge < -0.3 is 10.6 Å². The van der Waals surface area contributed by atoms with Gasteiger partial charge in [0.2, 0.25) is 0 Å². The van der Waals surface area contributed by atoms with Crippen molar-refractivity contribution in [3.63, 3.8) is 0 Å². The molecule has 0 aliphatic rings. The summed E-state index contributed by atoms with van der Waals surface area (Å²) in [4.78, 5) is 16.0. The van der Waals surface area contributed by atoms with Gasteiger partial charge in [-0.25, -0.2) is 4.98 Å². The highest BCUT2D eigenvalue weighted by Gasteiger charge is 2.09. The normalized spacial score (nSPS) is 10.2. The summed E-state index contributed by atoms with van der Waals surface area (Å²) in [6.45, 7) is 0.564. The van der Waals surface area contributed by atoms with Crippen molar-refractivity contribution in [1.29, 1.82) is 0 Å². The van der Waals surface area contributed by atoms with Crippen LogP contribution in [0.25, 0.3) is 0 Å². The van der Waals surface area contributed by atoms with E-state index in [1.165, 1.54) is 0 Å². The number of amides is 1. The van der Waals surface area contributed by atoms with Gasteiger partial charge in [0.15, 0.2) is 0 Å². The molecule has 104 valence electrons. The zero-order valence-corrected chi connectivity index (χ0v) is 13.1. The number of benzene rings is 1. The van der Waals surface area contributed by atoms with Crippen molar-refractivity contribution in [1.82, 2.24) is 10.3 Å². The topological polar surface area (TPSA) is 54.0 Å². The van der Waals surface area contributed by atoms with E-state index in [1.807, 2.05) is 24.3 Å². The van der Waals surface area contributed by atoms with Crippen LogP contribution in [0.2, 0.25) is 5.02 Å². The Hall–Kier alpha value is -1.59. The lowest BCUT2D eigenvalue weighted by atomic mass is 10.2. The predicted molar refractivity (Wildman–Crippen MR) is 84.1 cm³/mol. The molecule has 1 heterocycles. The molecule has 1 aromatic heterocycles. The zero-order valence-electron chi connectivity index (χ0n) is 10.8. The summed E-state index contributed by atoms with van der Waals surface area (Å²) in [6, 6.07) is 11.0. The second-order valence-corrected chi connectivity index (χ2v) is 5.30. The molecule has 0 aliphatic carbocycles. The first kappa shape index (κ1) is 14.8. The Morgan fingerprint density at radius 3 is 2.85 bits per heavy atom. The van der Waals surface area contributed by atoms with Crippen LogP contribution in [0.15, 0.2) is 41.0 Å². The standard InChI is InChI=1S/C14H13BrClN3O/c1-17-14(20)11-7-9(5-6-12(11)16)18-8-10-3-2-4-13(15)19-10/h2-7,18H,8H2,1H3,(H,17,20). The van der Waals surface area contributed by atoms with Gasteiger partial charge in [0, 0.05) is 12.7 Å². The Morgan fingerprint density at radius 1 is 1.35 bits per heavy atom. The Labute approximate surface area is 130 Å². The van der Waals surface area contributed by atoms with Gasteiger partial charge in [0.05, 0.1) is 22.8 Å². The molecule has 0 radical (unpaired) electrons. The maximum absolute atomic E-state index is 11.7. The molecule has 1 aromatic carbocycles. The van der Waals surface area contributed by atoms with Crippen molar-refractivity contribution in [3.8, 4) is 0 Å². The van der Waals surface area contributed by atoms with Crippen LogP contribution in [0.5, 0.6) is 0 Å². The van der Waals surface area contributed by atoms with E-state index < -0.39 is 0 Å². The van der Waals surface area contributed by atoms with Crippen molar-refractivity contribution < 1.29 is 4.79 Å². The molecule has 4 nitrogen and oxygen atoms in total. The molecule has 20 heavy (non-hydrogen) atoms. The summed E-state index contributed by atoms with van der Waals surface area (Å²) >= 11 is 9.33. The van der Waals surface area contributed by atoms with Gasteiger partial charge in [-0.2, -0.15) is 0 Å². The average molecular weight is 355 g/mol. The maximum Gasteiger partial charge on any atom is 0.252 e. The number of carbonyl (C=O) groups is 1. The molecular formula is C14H13BrClN3O. The van der Waals surface area contributed by atoms with Crippen LogP contribution in [0.4, 0.5) is 5.69 Å². The summed E-state index contributed by atoms with van der Waals surface area (Å²) in [7, 11) is 1.57. The maximum atomic E-state index is 11.7. The van der Waals surface area contributed by atoms with E-state index >= 15 is 0 Å². The van der Waals surface area contributed by atoms with Crippen molar-refractivity contribution >= 4 is 39.1 Å². The number of halogens is 2. The zero-order chi connectivity index (χ0) is 14.5. The number of anilines is 1. The number of pyridine rings is 1. The minimum atomic E-state index is -0.209. The molecular weight excluding hydrogens is 342 g/mol. The lowest BCUT2D eigenvalue weighted by Crippen LogP contribution is -2.18. The van der Waals surface area contributed by atoms with Gasteiger partial charge in [-0.3, -0.25) is 4.79 Å². The molecule has 2 N–H and O–H groups in total. The number of nitrogens with zero attached hydrogens (tertiary/aromatic N) is 1. The highest BCUT2D eigenvalue weighted by Crippen LogP contribution is 2.21. The van der Waals surface area contributed by atoms with E-state index in [9.17, 15) is 4.79 Å². The van der Waals surface area contributed by atoms with Gasteiger partial charge in [-0.1, -0.05) is 17.7 Å². The lowest BCUT2D eigenvalue weighted by molar-refractivity contribution is 0.0963. The minimum Gasteiger partial charge on any atom is -0.379 e. The number of hydrogen-bond acceptors (Lipinski definition) is 3. The van der Waals surface area contributed by atoms with E-state index in [-0.39, 0.29) is 5.91 Å². The summed E-state index contributed by atoms with van der Waals surface area (Å²) in [5.74, 6) is -0.209. The highest BCUT2D eigenvalue weighted by molar-refractivity contribution is 9.10. The SMILES string of the molecule is CNC(=O)c1cc(NCc2cccc(Br)n2)ccc1Cl. The third-order valence-electron chi connectivity index (χ3n) is 2.68. The molecule has 2 rings (SSSR count). The first-order valence-corrected chi connectivity index (χ1v) is 7.14. The number of aromatic nitrogens is 1. The van der Waals surface area contributed by atoms with E-state index in [4.69, 9.17) is 11.6 Å². The summed E-state index contributed by atoms with van der Waals surface area (Å²) in [6.07, 6.45) is 0. The Kier molecular flexibility index (Phi) is 4.98. The van der Waals surface area contributed by atoms with Crippen LogP contribution in [-0.4, -0.2) is 17.9 Å². The second kappa shape index (κ2) is 6.72. The molecule has 0 saturated heterocycles. The molecule has 0 unspecified atom stereocenters. The Morgan fingerprint density at radius 2 is 2.15 bits per heavy atom. The van der Waals surface area contributed by atoms with Gasteiger partial charge in [-0.15, -0.1) is 0 Å². The molecule has 0 atom stereocenters. The van der Waals surface area contributed by atoms with E-state index in [0.717, 1.165) is 16.0 Å². The fourth-order valence-electron chi connectivity index (χ4n) is 1.69. The van der Waals surface area contributed by atoms with E-state index in [1.54, 1.807) is 19.2 Å². The fourth-order valence-corrected chi connectivity index (χ4v) is 2.27. The van der Waals surface area contributed by atoms with Crippen molar-refractivity contribution in [2.45, 2.75) is 6.54 Å². The molecule has 2 aromatic rings. The van der Waals surface area contributed by atoms with Crippen LogP contribution in [0.3, 0.4) is 0 Å². The number of carbonyl (C=O) groups excluding carboxylic acids is 1. The second-order valence-electron chi connectivity index (χ2n) is 4.08. The van der Waals surface area contributed by atoms with Crippen LogP contribution >= 0.6 is 27.5 Å². The largest absolute Gasteiger partial charge is 0.379 e. The first-order chi connectivity index (χ1) is 9.60. The Balaban J connectivity index is 2.12. The van der Waals surface area contributed by atoms with Crippen LogP contribution in [0, 0.1) is 0 Å². The molecule has 1 amide bonds. The monoisotopic (exact) mass is 353 g/mol. The van der Waals surface area contributed by atoms with Crippen molar-refractivity contribution in [3.05, 3.63) is 57.3 Å². The van der Waals surface area contributed by atoms with Crippen LogP contribution in [0.1, 0.15) is 16.1 Å². The molecule has 0 saturated carbocycles. The minimum absolute atomic E-state index is 0.209. The molecule has 6 heteroatoms. The summed E-state index contributed by atoms with van der Waals surface area (Å²) in [5.41, 5.74) is 2.16. The summed E-state index contributed by atoms with van der Waals surface area (Å²) in [5, 5.41) is 6.20. The molecule has 0 spiro atoms. The quantitative estimate of drug-likeness (QED) is 0.827. The Bertz CT molecular complexity index is 634. The van der Waals surface area contributed by atoms with Crippen molar-refractivity contribution in [2.75, 3.05) is 12.4 Å². The fraction of sp³-hybridized carbons (Fsp3) is 0.143. The highest BCUT2D eigenvalue weighted by atomic mass is 79.9. The number of hydrogen-bond donors (Lipinski definition) is 2. The van der Waals surface area contributed by atoms with Gasteiger partial charge in [0.25, 0.3) is 5.91 Å². The van der Waals surface area contributed by atoms with E-state index in [2.05, 4.69) is 31.5 Å². The molecule has 0 fully saturated rings. The molecule has 0 aliphatic heterocycles. The smallest absolute Gasteiger partial charge is 0.252 e. The number of rotatable bonds is 4. The van der Waals surface area contributed by atoms with Crippen molar-refractivity contribution in [2.24, 2.45) is 0 Å². The lowest BCUT2D eigenvalue weighted by Gasteiger charge is -2.09. The predicted octanol–water partition coefficient (Wildman–Crippen LogP) is 3.47. The summed E-state index contributed by atoms with van der Waals surface area (Å²) < 4.78 is 0.791. The average Bonchev–Trinajstić information content (AvgIpc) is 2.45. The first-order valence-electron chi connectivity index (χ1n) is 5.97. The number of nitrogens with one attached hydrogen (secondary N) is 2. The van der Waals surface area contributed by atoms with Crippen LogP contribution in [-0.2, 0) is 6.54 Å². The third kappa shape index (κ3) is 3.71. The van der Waals surface area contributed by atoms with E-state index in [0.29, 0.717) is 17.1 Å². The third-order valence-corrected chi connectivity index (χ3v) is 3.46. The van der Waals surface area contributed by atoms with Crippen LogP contribution < -0.4 is 10.6 Å². The van der Waals surface area contributed by atoms with Gasteiger partial charge >= 0.3 is 0 Å². The van der Waals surface area contributed by atoms with Gasteiger partial charge in [0.1, 0.15) is 4.60 Å². The molecule has 0 bridgehead atoms. The van der Waals surface area contributed by atoms with Gasteiger partial charge in [-0.05, 0) is 46.3 Å².